The second-order valence-corrected chi connectivity index (χ2v) is 9.12. The molecule has 0 saturated carbocycles. The van der Waals surface area contributed by atoms with Crippen molar-refractivity contribution in [3.63, 3.8) is 0 Å². The number of nitrogens with two attached hydrogens (primary N) is 1. The Morgan fingerprint density at radius 2 is 1.79 bits per heavy atom. The fourth-order valence-electron chi connectivity index (χ4n) is 4.13. The Morgan fingerprint density at radius 1 is 1.07 bits per heavy atom. The van der Waals surface area contributed by atoms with Crippen molar-refractivity contribution >= 4 is 11.8 Å². The lowest BCUT2D eigenvalue weighted by atomic mass is 9.90. The van der Waals surface area contributed by atoms with E-state index in [4.69, 9.17) is 40.0 Å². The number of H-pyrrole nitrogens is 1. The third kappa shape index (κ3) is 8.91. The van der Waals surface area contributed by atoms with Gasteiger partial charge in [0.1, 0.15) is 18.3 Å². The number of aromatic amines is 1. The Hall–Kier alpha value is -5.17. The van der Waals surface area contributed by atoms with Crippen molar-refractivity contribution in [2.75, 3.05) is 34.0 Å². The van der Waals surface area contributed by atoms with E-state index in [0.717, 1.165) is 18.1 Å². The molecule has 4 aromatic rings. The highest BCUT2D eigenvalue weighted by Gasteiger charge is 2.24. The van der Waals surface area contributed by atoms with Gasteiger partial charge in [-0.05, 0) is 48.7 Å². The van der Waals surface area contributed by atoms with Crippen LogP contribution in [0.15, 0.2) is 65.6 Å². The molecule has 1 atom stereocenters. The van der Waals surface area contributed by atoms with Crippen LogP contribution in [0.5, 0.6) is 17.2 Å². The summed E-state index contributed by atoms with van der Waals surface area (Å²) in [5.74, 6) is 1.13. The number of carboxylic acids is 1. The van der Waals surface area contributed by atoms with Crippen LogP contribution in [0.25, 0.3) is 5.82 Å². The Morgan fingerprint density at radius 3 is 2.42 bits per heavy atom. The van der Waals surface area contributed by atoms with Gasteiger partial charge in [-0.25, -0.2) is 9.78 Å². The number of aromatic nitrogens is 4. The van der Waals surface area contributed by atoms with Gasteiger partial charge < -0.3 is 29.8 Å². The summed E-state index contributed by atoms with van der Waals surface area (Å²) in [6, 6.07) is 16.5. The largest absolute Gasteiger partial charge is 0.493 e. The molecule has 0 fully saturated rings. The van der Waals surface area contributed by atoms with E-state index in [1.807, 2.05) is 37.3 Å². The maximum Gasteiger partial charge on any atom is 0.349 e. The lowest BCUT2D eigenvalue weighted by Crippen LogP contribution is -2.17. The van der Waals surface area contributed by atoms with E-state index in [1.165, 1.54) is 11.8 Å². The van der Waals surface area contributed by atoms with Crippen molar-refractivity contribution in [1.29, 1.82) is 5.41 Å². The number of rotatable bonds is 13. The first-order valence-corrected chi connectivity index (χ1v) is 13.4. The number of carboxylic acid groups (broad SMARTS) is 1. The van der Waals surface area contributed by atoms with Gasteiger partial charge in [-0.15, -0.1) is 5.10 Å². The van der Waals surface area contributed by atoms with E-state index in [-0.39, 0.29) is 17.6 Å². The van der Waals surface area contributed by atoms with Gasteiger partial charge in [0, 0.05) is 31.7 Å². The third-order valence-electron chi connectivity index (χ3n) is 6.06. The fraction of sp³-hybridized carbons (Fsp3) is 0.300. The minimum absolute atomic E-state index is 0.00380. The SMILES string of the molecule is CC(=O)O.CCOc1cc(C(Cc2ccc(C(=N)N)cc2)c2nn(-c3ncccc3OC)c(=O)[nH]2)ccc1OCCOC. The molecular formula is C30H36N6O7. The average Bonchev–Trinajstić information content (AvgIpc) is 3.37. The molecule has 228 valence electrons. The number of ether oxygens (including phenoxy) is 4. The predicted octanol–water partition coefficient (Wildman–Crippen LogP) is 3.14. The van der Waals surface area contributed by atoms with Crippen LogP contribution in [0, 0.1) is 5.41 Å². The summed E-state index contributed by atoms with van der Waals surface area (Å²) in [7, 11) is 3.13. The number of nitrogens with one attached hydrogen (secondary N) is 2. The second kappa shape index (κ2) is 15.7. The van der Waals surface area contributed by atoms with Gasteiger partial charge in [-0.1, -0.05) is 30.3 Å². The van der Waals surface area contributed by atoms with E-state index in [0.29, 0.717) is 54.9 Å². The van der Waals surface area contributed by atoms with Crippen molar-refractivity contribution in [2.24, 2.45) is 5.73 Å². The summed E-state index contributed by atoms with van der Waals surface area (Å²) < 4.78 is 23.4. The van der Waals surface area contributed by atoms with Crippen LogP contribution in [-0.2, 0) is 16.0 Å². The first-order valence-electron chi connectivity index (χ1n) is 13.4. The molecule has 2 heterocycles. The summed E-state index contributed by atoms with van der Waals surface area (Å²) in [6.07, 6.45) is 2.07. The monoisotopic (exact) mass is 592 g/mol. The molecule has 0 radical (unpaired) electrons. The van der Waals surface area contributed by atoms with Crippen LogP contribution < -0.4 is 25.6 Å². The van der Waals surface area contributed by atoms with Gasteiger partial charge in [-0.2, -0.15) is 4.68 Å². The minimum Gasteiger partial charge on any atom is -0.493 e. The number of carbonyl (C=O) groups is 1. The highest BCUT2D eigenvalue weighted by Crippen LogP contribution is 2.35. The van der Waals surface area contributed by atoms with Gasteiger partial charge in [-0.3, -0.25) is 15.2 Å². The van der Waals surface area contributed by atoms with Crippen molar-refractivity contribution in [2.45, 2.75) is 26.2 Å². The molecule has 4 rings (SSSR count). The molecule has 2 aromatic heterocycles. The number of benzene rings is 2. The molecule has 0 saturated heterocycles. The summed E-state index contributed by atoms with van der Waals surface area (Å²) in [6.45, 7) is 4.26. The maximum absolute atomic E-state index is 13.0. The zero-order chi connectivity index (χ0) is 31.4. The number of nitrogens with zero attached hydrogens (tertiary/aromatic N) is 3. The van der Waals surface area contributed by atoms with Crippen LogP contribution in [0.1, 0.15) is 42.3 Å². The van der Waals surface area contributed by atoms with E-state index in [9.17, 15) is 4.79 Å². The molecule has 13 heteroatoms. The van der Waals surface area contributed by atoms with E-state index >= 15 is 0 Å². The predicted molar refractivity (Wildman–Crippen MR) is 160 cm³/mol. The van der Waals surface area contributed by atoms with Crippen LogP contribution in [-0.4, -0.2) is 70.7 Å². The number of aliphatic carboxylic acids is 1. The van der Waals surface area contributed by atoms with E-state index in [1.54, 1.807) is 37.6 Å². The minimum atomic E-state index is -0.833. The van der Waals surface area contributed by atoms with E-state index < -0.39 is 11.7 Å². The first-order chi connectivity index (χ1) is 20.7. The topological polar surface area (TPSA) is 188 Å². The number of nitrogen functional groups attached to an aromatic ring is 1. The molecule has 0 aliphatic carbocycles. The normalized spacial score (nSPS) is 11.2. The van der Waals surface area contributed by atoms with Crippen LogP contribution in [0.3, 0.4) is 0 Å². The summed E-state index contributed by atoms with van der Waals surface area (Å²) >= 11 is 0. The van der Waals surface area contributed by atoms with Gasteiger partial charge in [0.05, 0.1) is 20.3 Å². The van der Waals surface area contributed by atoms with Gasteiger partial charge in [0.2, 0.25) is 5.82 Å². The van der Waals surface area contributed by atoms with Crippen LogP contribution in [0.4, 0.5) is 0 Å². The first kappa shape index (κ1) is 32.3. The molecule has 13 nitrogen and oxygen atoms in total. The molecule has 1 unspecified atom stereocenters. The Balaban J connectivity index is 0.00000119. The summed E-state index contributed by atoms with van der Waals surface area (Å²) in [5.41, 5.74) is 7.65. The summed E-state index contributed by atoms with van der Waals surface area (Å²) in [5, 5.41) is 19.7. The molecule has 5 N–H and O–H groups in total. The Kier molecular flexibility index (Phi) is 11.8. The summed E-state index contributed by atoms with van der Waals surface area (Å²) in [4.78, 5) is 29.2. The molecule has 0 amide bonds. The second-order valence-electron chi connectivity index (χ2n) is 9.12. The van der Waals surface area contributed by atoms with Crippen molar-refractivity contribution < 1.29 is 28.8 Å². The number of amidine groups is 1. The highest BCUT2D eigenvalue weighted by molar-refractivity contribution is 5.94. The van der Waals surface area contributed by atoms with Gasteiger partial charge in [0.25, 0.3) is 5.97 Å². The lowest BCUT2D eigenvalue weighted by molar-refractivity contribution is -0.134. The van der Waals surface area contributed by atoms with Gasteiger partial charge >= 0.3 is 5.69 Å². The standard InChI is InChI=1S/C28H32N6O5.C2H4O2/c1-4-38-24-17-20(11-12-22(24)39-15-14-36-2)21(16-18-7-9-19(10-8-18)25(29)30)26-32-28(35)34(33-26)27-23(37-3)6-5-13-31-27;1-2(3)4/h5-13,17,21H,4,14-16H2,1-3H3,(H3,29,30)(H,32,33,35);1H3,(H,3,4). The van der Waals surface area contributed by atoms with E-state index in [2.05, 4.69) is 15.1 Å². The van der Waals surface area contributed by atoms with Crippen LogP contribution >= 0.6 is 0 Å². The smallest absolute Gasteiger partial charge is 0.349 e. The van der Waals surface area contributed by atoms with Crippen LogP contribution in [0.2, 0.25) is 0 Å². The number of hydrogen-bond acceptors (Lipinski definition) is 9. The molecular weight excluding hydrogens is 556 g/mol. The maximum atomic E-state index is 13.0. The fourth-order valence-corrected chi connectivity index (χ4v) is 4.13. The molecule has 0 aliphatic heterocycles. The number of methoxy groups -OCH3 is 2. The molecule has 0 aliphatic rings. The molecule has 2 aromatic carbocycles. The molecule has 43 heavy (non-hydrogen) atoms. The zero-order valence-corrected chi connectivity index (χ0v) is 24.5. The quantitative estimate of drug-likeness (QED) is 0.102. The van der Waals surface area contributed by atoms with Crippen molar-refractivity contribution in [3.05, 3.63) is 93.8 Å². The van der Waals surface area contributed by atoms with Crippen molar-refractivity contribution in [1.82, 2.24) is 19.7 Å². The molecule has 0 bridgehead atoms. The third-order valence-corrected chi connectivity index (χ3v) is 6.06. The zero-order valence-electron chi connectivity index (χ0n) is 24.5. The lowest BCUT2D eigenvalue weighted by Gasteiger charge is -2.18. The van der Waals surface area contributed by atoms with Crippen molar-refractivity contribution in [3.8, 4) is 23.1 Å². The molecule has 0 spiro atoms. The van der Waals surface area contributed by atoms with Gasteiger partial charge in [0.15, 0.2) is 17.2 Å². The number of pyridine rings is 1. The Bertz CT molecular complexity index is 1560. The average molecular weight is 593 g/mol. The number of hydrogen-bond donors (Lipinski definition) is 4. The highest BCUT2D eigenvalue weighted by atomic mass is 16.5. The Labute approximate surface area is 248 Å².